The fourth-order valence-electron chi connectivity index (χ4n) is 4.70. The molecule has 0 aliphatic carbocycles. The number of imidazole rings is 1. The molecule has 180 valence electrons. The highest BCUT2D eigenvalue weighted by molar-refractivity contribution is 5.95. The van der Waals surface area contributed by atoms with Crippen LogP contribution in [0, 0.1) is 5.92 Å². The zero-order valence-corrected chi connectivity index (χ0v) is 19.9. The number of fused-ring (bicyclic) bond motifs is 1. The van der Waals surface area contributed by atoms with Crippen LogP contribution < -0.4 is 10.1 Å². The topological polar surface area (TPSA) is 84.7 Å². The summed E-state index contributed by atoms with van der Waals surface area (Å²) >= 11 is 0. The lowest BCUT2D eigenvalue weighted by atomic mass is 9.95. The zero-order valence-electron chi connectivity index (χ0n) is 19.9. The standard InChI is InChI=1S/C27H30N6O2/c1-35-25-7-6-22(15-24(25)31-17-21-4-2-9-28-16-21)27(34)32-11-3-5-20(8-12-32)14-23-19-33-13-10-29-26(33)18-30-23/h2,4,6-7,9-10,13,15-16,18-20,31H,3,5,8,11-12,14,17H2,1H3/t20-/m0/s1. The Morgan fingerprint density at radius 2 is 2.09 bits per heavy atom. The Balaban J connectivity index is 1.23. The number of rotatable bonds is 7. The molecule has 0 radical (unpaired) electrons. The summed E-state index contributed by atoms with van der Waals surface area (Å²) in [6.07, 6.45) is 15.2. The molecule has 0 unspecified atom stereocenters. The third-order valence-electron chi connectivity index (χ3n) is 6.62. The maximum absolute atomic E-state index is 13.4. The SMILES string of the molecule is COc1ccc(C(=O)N2CCC[C@H](Cc3cn4ccnc4cn3)CC2)cc1NCc1cccnc1. The average molecular weight is 471 g/mol. The molecule has 4 aromatic rings. The number of ether oxygens (including phenoxy) is 1. The minimum Gasteiger partial charge on any atom is -0.495 e. The number of benzene rings is 1. The van der Waals surface area contributed by atoms with E-state index in [1.54, 1.807) is 19.5 Å². The number of likely N-dealkylation sites (tertiary alicyclic amines) is 1. The number of hydrogen-bond acceptors (Lipinski definition) is 6. The summed E-state index contributed by atoms with van der Waals surface area (Å²) < 4.78 is 7.52. The van der Waals surface area contributed by atoms with E-state index in [1.165, 1.54) is 0 Å². The number of nitrogens with one attached hydrogen (secondary N) is 1. The van der Waals surface area contributed by atoms with E-state index in [-0.39, 0.29) is 5.91 Å². The molecule has 1 atom stereocenters. The van der Waals surface area contributed by atoms with Gasteiger partial charge in [-0.25, -0.2) is 4.98 Å². The number of hydrogen-bond donors (Lipinski definition) is 1. The van der Waals surface area contributed by atoms with Gasteiger partial charge >= 0.3 is 0 Å². The zero-order chi connectivity index (χ0) is 24.0. The molecule has 1 saturated heterocycles. The van der Waals surface area contributed by atoms with Gasteiger partial charge in [-0.2, -0.15) is 0 Å². The first-order valence-electron chi connectivity index (χ1n) is 12.1. The van der Waals surface area contributed by atoms with Crippen LogP contribution in [0.1, 0.15) is 40.9 Å². The summed E-state index contributed by atoms with van der Waals surface area (Å²) in [4.78, 5) is 28.4. The Labute approximate surface area is 205 Å². The Hall–Kier alpha value is -3.94. The van der Waals surface area contributed by atoms with E-state index >= 15 is 0 Å². The van der Waals surface area contributed by atoms with Gasteiger partial charge in [0.25, 0.3) is 5.91 Å². The van der Waals surface area contributed by atoms with Crippen LogP contribution in [0.3, 0.4) is 0 Å². The van der Waals surface area contributed by atoms with Crippen LogP contribution in [0.4, 0.5) is 5.69 Å². The van der Waals surface area contributed by atoms with E-state index in [0.29, 0.717) is 23.8 Å². The lowest BCUT2D eigenvalue weighted by Gasteiger charge is -2.22. The normalized spacial score (nSPS) is 16.1. The quantitative estimate of drug-likeness (QED) is 0.435. The van der Waals surface area contributed by atoms with Crippen LogP contribution in [0.15, 0.2) is 67.5 Å². The number of methoxy groups -OCH3 is 1. The summed E-state index contributed by atoms with van der Waals surface area (Å²) in [6.45, 7) is 2.13. The van der Waals surface area contributed by atoms with Crippen molar-refractivity contribution in [3.63, 3.8) is 0 Å². The van der Waals surface area contributed by atoms with Gasteiger partial charge in [0.1, 0.15) is 5.75 Å². The van der Waals surface area contributed by atoms with Crippen LogP contribution in [0.5, 0.6) is 5.75 Å². The van der Waals surface area contributed by atoms with Crippen LogP contribution in [-0.4, -0.2) is 50.4 Å². The van der Waals surface area contributed by atoms with E-state index in [1.807, 2.05) is 58.2 Å². The highest BCUT2D eigenvalue weighted by Crippen LogP contribution is 2.28. The molecule has 1 aliphatic heterocycles. The summed E-state index contributed by atoms with van der Waals surface area (Å²) in [5.74, 6) is 1.29. The van der Waals surface area contributed by atoms with Crippen LogP contribution in [0.25, 0.3) is 5.65 Å². The van der Waals surface area contributed by atoms with E-state index in [4.69, 9.17) is 4.74 Å². The molecule has 1 N–H and O–H groups in total. The maximum atomic E-state index is 13.4. The molecular formula is C27H30N6O2. The fourth-order valence-corrected chi connectivity index (χ4v) is 4.70. The van der Waals surface area contributed by atoms with Gasteiger partial charge in [-0.1, -0.05) is 6.07 Å². The van der Waals surface area contributed by atoms with Gasteiger partial charge in [0.05, 0.1) is 24.7 Å². The van der Waals surface area contributed by atoms with Gasteiger partial charge in [-0.3, -0.25) is 14.8 Å². The van der Waals surface area contributed by atoms with Crippen molar-refractivity contribution in [2.45, 2.75) is 32.2 Å². The van der Waals surface area contributed by atoms with Gasteiger partial charge in [0.2, 0.25) is 0 Å². The van der Waals surface area contributed by atoms with Crippen LogP contribution in [-0.2, 0) is 13.0 Å². The Bertz CT molecular complexity index is 1290. The maximum Gasteiger partial charge on any atom is 0.253 e. The van der Waals surface area contributed by atoms with E-state index in [9.17, 15) is 4.79 Å². The van der Waals surface area contributed by atoms with Gasteiger partial charge in [0.15, 0.2) is 5.65 Å². The molecule has 1 fully saturated rings. The Morgan fingerprint density at radius 1 is 1.14 bits per heavy atom. The first-order chi connectivity index (χ1) is 17.2. The lowest BCUT2D eigenvalue weighted by Crippen LogP contribution is -2.32. The monoisotopic (exact) mass is 470 g/mol. The van der Waals surface area contributed by atoms with Crippen molar-refractivity contribution in [1.29, 1.82) is 0 Å². The summed E-state index contributed by atoms with van der Waals surface area (Å²) in [5, 5.41) is 3.39. The molecule has 3 aromatic heterocycles. The predicted molar refractivity (Wildman–Crippen MR) is 134 cm³/mol. The molecule has 1 aliphatic rings. The Morgan fingerprint density at radius 3 is 2.94 bits per heavy atom. The molecule has 8 heteroatoms. The smallest absolute Gasteiger partial charge is 0.253 e. The number of pyridine rings is 1. The molecule has 8 nitrogen and oxygen atoms in total. The van der Waals surface area contributed by atoms with E-state index < -0.39 is 0 Å². The van der Waals surface area contributed by atoms with Crippen molar-refractivity contribution in [3.05, 3.63) is 84.3 Å². The van der Waals surface area contributed by atoms with Crippen molar-refractivity contribution in [1.82, 2.24) is 24.3 Å². The second-order valence-corrected chi connectivity index (χ2v) is 8.99. The first kappa shape index (κ1) is 22.8. The highest BCUT2D eigenvalue weighted by Gasteiger charge is 2.23. The molecule has 1 aromatic carbocycles. The fraction of sp³-hybridized carbons (Fsp3) is 0.333. The van der Waals surface area contributed by atoms with Gasteiger partial charge < -0.3 is 19.4 Å². The number of amides is 1. The summed E-state index contributed by atoms with van der Waals surface area (Å²) in [6, 6.07) is 9.52. The van der Waals surface area contributed by atoms with Crippen LogP contribution in [0.2, 0.25) is 0 Å². The number of carbonyl (C=O) groups excluding carboxylic acids is 1. The van der Waals surface area contributed by atoms with Crippen molar-refractivity contribution in [2.75, 3.05) is 25.5 Å². The summed E-state index contributed by atoms with van der Waals surface area (Å²) in [7, 11) is 1.64. The molecule has 0 saturated carbocycles. The van der Waals surface area contributed by atoms with E-state index in [0.717, 1.165) is 61.4 Å². The van der Waals surface area contributed by atoms with Crippen molar-refractivity contribution >= 4 is 17.2 Å². The number of aromatic nitrogens is 4. The van der Waals surface area contributed by atoms with Gasteiger partial charge in [-0.15, -0.1) is 0 Å². The predicted octanol–water partition coefficient (Wildman–Crippen LogP) is 4.23. The van der Waals surface area contributed by atoms with Crippen LogP contribution >= 0.6 is 0 Å². The van der Waals surface area contributed by atoms with Crippen molar-refractivity contribution in [3.8, 4) is 5.75 Å². The number of anilines is 1. The largest absolute Gasteiger partial charge is 0.495 e. The number of carbonyl (C=O) groups is 1. The second kappa shape index (κ2) is 10.5. The second-order valence-electron chi connectivity index (χ2n) is 8.99. The minimum absolute atomic E-state index is 0.0655. The summed E-state index contributed by atoms with van der Waals surface area (Å²) in [5.41, 5.74) is 4.47. The van der Waals surface area contributed by atoms with E-state index in [2.05, 4.69) is 26.5 Å². The lowest BCUT2D eigenvalue weighted by molar-refractivity contribution is 0.0760. The van der Waals surface area contributed by atoms with Gasteiger partial charge in [0, 0.05) is 56.2 Å². The molecule has 35 heavy (non-hydrogen) atoms. The first-order valence-corrected chi connectivity index (χ1v) is 12.1. The third kappa shape index (κ3) is 5.42. The molecule has 5 rings (SSSR count). The van der Waals surface area contributed by atoms with Crippen molar-refractivity contribution < 1.29 is 9.53 Å². The Kier molecular flexibility index (Phi) is 6.88. The molecule has 4 heterocycles. The molecule has 0 bridgehead atoms. The molecule has 1 amide bonds. The average Bonchev–Trinajstić information content (AvgIpc) is 3.25. The molecule has 0 spiro atoms. The van der Waals surface area contributed by atoms with Crippen molar-refractivity contribution in [2.24, 2.45) is 5.92 Å². The minimum atomic E-state index is 0.0655. The van der Waals surface area contributed by atoms with Gasteiger partial charge in [-0.05, 0) is 61.4 Å². The number of nitrogens with zero attached hydrogens (tertiary/aromatic N) is 5. The molecular weight excluding hydrogens is 440 g/mol. The third-order valence-corrected chi connectivity index (χ3v) is 6.62. The highest BCUT2D eigenvalue weighted by atomic mass is 16.5.